The molecular weight excluding hydrogens is 277 g/mol. The summed E-state index contributed by atoms with van der Waals surface area (Å²) in [5.74, 6) is 5.52. The van der Waals surface area contributed by atoms with Gasteiger partial charge in [-0.1, -0.05) is 36.4 Å². The summed E-state index contributed by atoms with van der Waals surface area (Å²) in [6.07, 6.45) is -4.41. The Hall–Kier alpha value is -1.85. The normalized spacial score (nSPS) is 13.2. The number of hydrazine groups is 1. The number of benzene rings is 2. The molecule has 2 aromatic rings. The summed E-state index contributed by atoms with van der Waals surface area (Å²) in [6, 6.07) is 10.3. The molecule has 0 bridgehead atoms. The molecular formula is C16H17F3N2. The van der Waals surface area contributed by atoms with Crippen LogP contribution in [0.2, 0.25) is 0 Å². The van der Waals surface area contributed by atoms with E-state index in [0.29, 0.717) is 5.56 Å². The molecule has 5 heteroatoms. The lowest BCUT2D eigenvalue weighted by Crippen LogP contribution is -2.30. The smallest absolute Gasteiger partial charge is 0.271 e. The van der Waals surface area contributed by atoms with Crippen LogP contribution in [0, 0.1) is 13.8 Å². The lowest BCUT2D eigenvalue weighted by Gasteiger charge is -2.22. The highest BCUT2D eigenvalue weighted by Crippen LogP contribution is 2.36. The Morgan fingerprint density at radius 2 is 1.67 bits per heavy atom. The van der Waals surface area contributed by atoms with Crippen LogP contribution in [0.25, 0.3) is 0 Å². The van der Waals surface area contributed by atoms with Crippen LogP contribution in [0.1, 0.15) is 33.9 Å². The van der Waals surface area contributed by atoms with Gasteiger partial charge in [-0.15, -0.1) is 0 Å². The van der Waals surface area contributed by atoms with E-state index in [-0.39, 0.29) is 5.56 Å². The SMILES string of the molecule is Cc1ccc(C(NN)c2ccccc2C(F)(F)F)cc1C. The van der Waals surface area contributed by atoms with Crippen molar-refractivity contribution in [3.8, 4) is 0 Å². The van der Waals surface area contributed by atoms with Gasteiger partial charge in [0, 0.05) is 0 Å². The molecule has 0 saturated carbocycles. The first-order valence-electron chi connectivity index (χ1n) is 6.54. The Bertz CT molecular complexity index is 636. The highest BCUT2D eigenvalue weighted by Gasteiger charge is 2.35. The molecule has 0 fully saturated rings. The maximum absolute atomic E-state index is 13.1. The van der Waals surface area contributed by atoms with Crippen LogP contribution < -0.4 is 11.3 Å². The number of nitrogens with two attached hydrogens (primary N) is 1. The van der Waals surface area contributed by atoms with Crippen molar-refractivity contribution >= 4 is 0 Å². The zero-order chi connectivity index (χ0) is 15.6. The Morgan fingerprint density at radius 3 is 2.24 bits per heavy atom. The summed E-state index contributed by atoms with van der Waals surface area (Å²) in [6.45, 7) is 3.87. The van der Waals surface area contributed by atoms with Gasteiger partial charge in [0.25, 0.3) is 0 Å². The van der Waals surface area contributed by atoms with E-state index in [0.717, 1.165) is 17.2 Å². The van der Waals surface area contributed by atoms with E-state index in [1.807, 2.05) is 26.0 Å². The zero-order valence-electron chi connectivity index (χ0n) is 11.8. The van der Waals surface area contributed by atoms with Crippen molar-refractivity contribution in [1.82, 2.24) is 5.43 Å². The van der Waals surface area contributed by atoms with Crippen LogP contribution in [0.3, 0.4) is 0 Å². The van der Waals surface area contributed by atoms with E-state index in [2.05, 4.69) is 5.43 Å². The van der Waals surface area contributed by atoms with Gasteiger partial charge in [-0.05, 0) is 42.2 Å². The van der Waals surface area contributed by atoms with E-state index in [1.165, 1.54) is 12.1 Å². The molecule has 3 N–H and O–H groups in total. The van der Waals surface area contributed by atoms with Crippen LogP contribution in [-0.2, 0) is 6.18 Å². The third-order valence-electron chi connectivity index (χ3n) is 3.61. The lowest BCUT2D eigenvalue weighted by atomic mass is 9.92. The molecule has 2 nitrogen and oxygen atoms in total. The van der Waals surface area contributed by atoms with Crippen LogP contribution in [0.15, 0.2) is 42.5 Å². The molecule has 0 amide bonds. The van der Waals surface area contributed by atoms with Crippen LogP contribution in [0.5, 0.6) is 0 Å². The molecule has 21 heavy (non-hydrogen) atoms. The second-order valence-electron chi connectivity index (χ2n) is 5.03. The summed E-state index contributed by atoms with van der Waals surface area (Å²) in [5, 5.41) is 0. The first kappa shape index (κ1) is 15.5. The minimum absolute atomic E-state index is 0.121. The number of aryl methyl sites for hydroxylation is 2. The minimum Gasteiger partial charge on any atom is -0.271 e. The van der Waals surface area contributed by atoms with Crippen LogP contribution in [0.4, 0.5) is 13.2 Å². The molecule has 0 heterocycles. The molecule has 1 atom stereocenters. The standard InChI is InChI=1S/C16H17F3N2/c1-10-7-8-12(9-11(10)2)15(21-20)13-5-3-4-6-14(13)16(17,18)19/h3-9,15,21H,20H2,1-2H3. The van der Waals surface area contributed by atoms with Gasteiger partial charge in [-0.25, -0.2) is 5.43 Å². The van der Waals surface area contributed by atoms with Gasteiger partial charge in [0.05, 0.1) is 11.6 Å². The number of alkyl halides is 3. The van der Waals surface area contributed by atoms with Gasteiger partial charge >= 0.3 is 6.18 Å². The number of hydrogen-bond acceptors (Lipinski definition) is 2. The average Bonchev–Trinajstić information content (AvgIpc) is 2.43. The first-order chi connectivity index (χ1) is 9.84. The Morgan fingerprint density at radius 1 is 1.00 bits per heavy atom. The molecule has 1 unspecified atom stereocenters. The van der Waals surface area contributed by atoms with E-state index in [1.54, 1.807) is 12.1 Å². The van der Waals surface area contributed by atoms with E-state index in [9.17, 15) is 13.2 Å². The highest BCUT2D eigenvalue weighted by atomic mass is 19.4. The maximum atomic E-state index is 13.1. The molecule has 0 spiro atoms. The molecule has 2 rings (SSSR count). The number of halogens is 3. The molecule has 112 valence electrons. The maximum Gasteiger partial charge on any atom is 0.416 e. The van der Waals surface area contributed by atoms with Crippen molar-refractivity contribution in [3.63, 3.8) is 0 Å². The summed E-state index contributed by atoms with van der Waals surface area (Å²) in [4.78, 5) is 0. The van der Waals surface area contributed by atoms with Gasteiger partial charge in [-0.2, -0.15) is 13.2 Å². The van der Waals surface area contributed by atoms with Crippen LogP contribution in [-0.4, -0.2) is 0 Å². The highest BCUT2D eigenvalue weighted by molar-refractivity contribution is 5.41. The van der Waals surface area contributed by atoms with Crippen molar-refractivity contribution in [2.75, 3.05) is 0 Å². The van der Waals surface area contributed by atoms with Crippen LogP contribution >= 0.6 is 0 Å². The summed E-state index contributed by atoms with van der Waals surface area (Å²) < 4.78 is 39.4. The van der Waals surface area contributed by atoms with E-state index in [4.69, 9.17) is 5.84 Å². The number of rotatable bonds is 3. The molecule has 0 radical (unpaired) electrons. The molecule has 0 saturated heterocycles. The molecule has 0 aliphatic heterocycles. The third-order valence-corrected chi connectivity index (χ3v) is 3.61. The molecule has 0 aliphatic carbocycles. The Labute approximate surface area is 121 Å². The monoisotopic (exact) mass is 294 g/mol. The number of nitrogens with one attached hydrogen (secondary N) is 1. The van der Waals surface area contributed by atoms with Gasteiger partial charge in [-0.3, -0.25) is 5.84 Å². The lowest BCUT2D eigenvalue weighted by molar-refractivity contribution is -0.138. The van der Waals surface area contributed by atoms with Gasteiger partial charge in [0.2, 0.25) is 0 Å². The van der Waals surface area contributed by atoms with E-state index < -0.39 is 17.8 Å². The van der Waals surface area contributed by atoms with Gasteiger partial charge < -0.3 is 0 Å². The summed E-state index contributed by atoms with van der Waals surface area (Å²) in [7, 11) is 0. The minimum atomic E-state index is -4.41. The largest absolute Gasteiger partial charge is 0.416 e. The fraction of sp³-hybridized carbons (Fsp3) is 0.250. The third kappa shape index (κ3) is 3.25. The summed E-state index contributed by atoms with van der Waals surface area (Å²) in [5.41, 5.74) is 4.74. The second-order valence-corrected chi connectivity index (χ2v) is 5.03. The fourth-order valence-electron chi connectivity index (χ4n) is 2.32. The molecule has 0 aromatic heterocycles. The average molecular weight is 294 g/mol. The zero-order valence-corrected chi connectivity index (χ0v) is 11.8. The van der Waals surface area contributed by atoms with Crippen molar-refractivity contribution in [2.24, 2.45) is 5.84 Å². The number of hydrogen-bond donors (Lipinski definition) is 2. The second kappa shape index (κ2) is 5.87. The summed E-state index contributed by atoms with van der Waals surface area (Å²) >= 11 is 0. The predicted molar refractivity (Wildman–Crippen MR) is 76.5 cm³/mol. The topological polar surface area (TPSA) is 38.0 Å². The van der Waals surface area contributed by atoms with E-state index >= 15 is 0 Å². The Kier molecular flexibility index (Phi) is 4.34. The quantitative estimate of drug-likeness (QED) is 0.666. The predicted octanol–water partition coefficient (Wildman–Crippen LogP) is 3.87. The molecule has 2 aromatic carbocycles. The van der Waals surface area contributed by atoms with Gasteiger partial charge in [0.1, 0.15) is 0 Å². The molecule has 0 aliphatic rings. The van der Waals surface area contributed by atoms with Crippen molar-refractivity contribution in [1.29, 1.82) is 0 Å². The fourth-order valence-corrected chi connectivity index (χ4v) is 2.32. The van der Waals surface area contributed by atoms with Crippen molar-refractivity contribution < 1.29 is 13.2 Å². The van der Waals surface area contributed by atoms with Gasteiger partial charge in [0.15, 0.2) is 0 Å². The van der Waals surface area contributed by atoms with Crippen molar-refractivity contribution in [3.05, 3.63) is 70.3 Å². The Balaban J connectivity index is 2.54. The first-order valence-corrected chi connectivity index (χ1v) is 6.54. The van der Waals surface area contributed by atoms with Crippen molar-refractivity contribution in [2.45, 2.75) is 26.1 Å².